The van der Waals surface area contributed by atoms with Crippen LogP contribution < -0.4 is 4.74 Å². The van der Waals surface area contributed by atoms with Crippen LogP contribution in [-0.2, 0) is 0 Å². The monoisotopic (exact) mass is 355 g/mol. The molecule has 3 heteroatoms. The Labute approximate surface area is 158 Å². The van der Waals surface area contributed by atoms with Crippen molar-refractivity contribution in [3.05, 3.63) is 84.2 Å². The van der Waals surface area contributed by atoms with Crippen molar-refractivity contribution in [2.75, 3.05) is 7.11 Å². The number of carbonyl (C=O) groups excluding carboxylic acids is 1. The summed E-state index contributed by atoms with van der Waals surface area (Å²) in [5, 5.41) is 2.36. The minimum atomic E-state index is 0.0721. The Bertz CT molecular complexity index is 1140. The lowest BCUT2D eigenvalue weighted by Gasteiger charge is -2.07. The molecule has 3 nitrogen and oxygen atoms in total. The van der Waals surface area contributed by atoms with Crippen LogP contribution in [0, 0.1) is 6.92 Å². The summed E-state index contributed by atoms with van der Waals surface area (Å²) in [6, 6.07) is 22.5. The smallest absolute Gasteiger partial charge is 0.162 e. The molecule has 0 aliphatic rings. The highest BCUT2D eigenvalue weighted by atomic mass is 16.5. The van der Waals surface area contributed by atoms with Gasteiger partial charge >= 0.3 is 0 Å². The first-order valence-electron chi connectivity index (χ1n) is 8.95. The molecule has 0 saturated carbocycles. The van der Waals surface area contributed by atoms with E-state index in [0.717, 1.165) is 33.8 Å². The molecule has 0 radical (unpaired) electrons. The van der Waals surface area contributed by atoms with Crippen LogP contribution in [0.2, 0.25) is 0 Å². The predicted molar refractivity (Wildman–Crippen MR) is 110 cm³/mol. The fourth-order valence-electron chi connectivity index (χ4n) is 3.64. The Hall–Kier alpha value is -3.33. The first kappa shape index (κ1) is 17.1. The maximum absolute atomic E-state index is 12.4. The number of nitrogens with zero attached hydrogens (tertiary/aromatic N) is 1. The van der Waals surface area contributed by atoms with Crippen LogP contribution in [0.25, 0.3) is 27.6 Å². The van der Waals surface area contributed by atoms with Crippen molar-refractivity contribution in [2.45, 2.75) is 13.8 Å². The summed E-state index contributed by atoms with van der Waals surface area (Å²) < 4.78 is 7.32. The highest BCUT2D eigenvalue weighted by Crippen LogP contribution is 2.32. The normalized spacial score (nSPS) is 10.9. The van der Waals surface area contributed by atoms with Crippen LogP contribution in [0.3, 0.4) is 0 Å². The van der Waals surface area contributed by atoms with E-state index in [9.17, 15) is 4.79 Å². The van der Waals surface area contributed by atoms with Gasteiger partial charge in [-0.2, -0.15) is 0 Å². The van der Waals surface area contributed by atoms with Gasteiger partial charge in [-0.3, -0.25) is 4.79 Å². The third-order valence-corrected chi connectivity index (χ3v) is 5.01. The summed E-state index contributed by atoms with van der Waals surface area (Å²) >= 11 is 0. The molecule has 1 aromatic heterocycles. The highest BCUT2D eigenvalue weighted by Gasteiger charge is 2.18. The molecule has 0 N–H and O–H groups in total. The number of aromatic nitrogens is 1. The maximum atomic E-state index is 12.4. The Morgan fingerprint density at radius 2 is 1.63 bits per heavy atom. The van der Waals surface area contributed by atoms with E-state index in [4.69, 9.17) is 4.74 Å². The molecule has 27 heavy (non-hydrogen) atoms. The van der Waals surface area contributed by atoms with Gasteiger partial charge in [0.1, 0.15) is 5.75 Å². The van der Waals surface area contributed by atoms with Gasteiger partial charge < -0.3 is 9.30 Å². The minimum absolute atomic E-state index is 0.0721. The van der Waals surface area contributed by atoms with Gasteiger partial charge in [0.05, 0.1) is 7.11 Å². The standard InChI is InChI=1S/C24H21NO2/c1-16-24(17(2)26)23(15-25(16)21-10-12-22(27-3)13-11-21)20-9-8-18-6-4-5-7-19(18)14-20/h4-15H,1-3H3. The zero-order chi connectivity index (χ0) is 19.0. The van der Waals surface area contributed by atoms with Crippen molar-refractivity contribution in [3.63, 3.8) is 0 Å². The summed E-state index contributed by atoms with van der Waals surface area (Å²) in [7, 11) is 1.65. The number of fused-ring (bicyclic) bond motifs is 1. The number of carbonyl (C=O) groups is 1. The third-order valence-electron chi connectivity index (χ3n) is 5.01. The fraction of sp³-hybridized carbons (Fsp3) is 0.125. The first-order chi connectivity index (χ1) is 13.1. The second kappa shape index (κ2) is 6.76. The molecule has 0 fully saturated rings. The molecule has 0 spiro atoms. The first-order valence-corrected chi connectivity index (χ1v) is 8.95. The topological polar surface area (TPSA) is 31.2 Å². The number of ether oxygens (including phenoxy) is 1. The molecule has 1 heterocycles. The second-order valence-electron chi connectivity index (χ2n) is 6.69. The minimum Gasteiger partial charge on any atom is -0.497 e. The Kier molecular flexibility index (Phi) is 4.28. The average molecular weight is 355 g/mol. The summed E-state index contributed by atoms with van der Waals surface area (Å²) in [5.41, 5.74) is 4.72. The lowest BCUT2D eigenvalue weighted by atomic mass is 9.98. The van der Waals surface area contributed by atoms with Crippen LogP contribution >= 0.6 is 0 Å². The number of hydrogen-bond acceptors (Lipinski definition) is 2. The zero-order valence-corrected chi connectivity index (χ0v) is 15.7. The Balaban J connectivity index is 1.89. The van der Waals surface area contributed by atoms with E-state index in [1.54, 1.807) is 14.0 Å². The van der Waals surface area contributed by atoms with Crippen molar-refractivity contribution < 1.29 is 9.53 Å². The number of ketones is 1. The second-order valence-corrected chi connectivity index (χ2v) is 6.69. The van der Waals surface area contributed by atoms with Crippen LogP contribution in [0.15, 0.2) is 72.9 Å². The van der Waals surface area contributed by atoms with E-state index in [0.29, 0.717) is 0 Å². The highest BCUT2D eigenvalue weighted by molar-refractivity contribution is 6.03. The molecular weight excluding hydrogens is 334 g/mol. The van der Waals surface area contributed by atoms with Crippen LogP contribution in [-0.4, -0.2) is 17.5 Å². The van der Waals surface area contributed by atoms with Gasteiger partial charge in [-0.15, -0.1) is 0 Å². The number of rotatable bonds is 4. The summed E-state index contributed by atoms with van der Waals surface area (Å²) in [6.45, 7) is 3.62. The summed E-state index contributed by atoms with van der Waals surface area (Å²) in [6.07, 6.45) is 2.05. The van der Waals surface area contributed by atoms with Crippen molar-refractivity contribution in [1.29, 1.82) is 0 Å². The SMILES string of the molecule is COc1ccc(-n2cc(-c3ccc4ccccc4c3)c(C(C)=O)c2C)cc1. The molecule has 4 aromatic rings. The molecular formula is C24H21NO2. The van der Waals surface area contributed by atoms with Crippen molar-refractivity contribution in [3.8, 4) is 22.6 Å². The van der Waals surface area contributed by atoms with E-state index in [2.05, 4.69) is 41.1 Å². The maximum Gasteiger partial charge on any atom is 0.162 e. The molecule has 4 rings (SSSR count). The molecule has 0 aliphatic carbocycles. The quantitative estimate of drug-likeness (QED) is 0.432. The number of methoxy groups -OCH3 is 1. The summed E-state index contributed by atoms with van der Waals surface area (Å²) in [5.74, 6) is 0.882. The lowest BCUT2D eigenvalue weighted by Crippen LogP contribution is -1.99. The van der Waals surface area contributed by atoms with E-state index in [1.807, 2.05) is 43.3 Å². The zero-order valence-electron chi connectivity index (χ0n) is 15.7. The number of Topliss-reactive ketones (excluding diaryl/α,β-unsaturated/α-hetero) is 1. The fourth-order valence-corrected chi connectivity index (χ4v) is 3.64. The third kappa shape index (κ3) is 3.02. The van der Waals surface area contributed by atoms with Gasteiger partial charge in [-0.25, -0.2) is 0 Å². The lowest BCUT2D eigenvalue weighted by molar-refractivity contribution is 0.101. The van der Waals surface area contributed by atoms with Crippen LogP contribution in [0.5, 0.6) is 5.75 Å². The van der Waals surface area contributed by atoms with E-state index in [-0.39, 0.29) is 5.78 Å². The Morgan fingerprint density at radius 3 is 2.30 bits per heavy atom. The largest absolute Gasteiger partial charge is 0.497 e. The average Bonchev–Trinajstić information content (AvgIpc) is 3.05. The van der Waals surface area contributed by atoms with Gasteiger partial charge in [0.25, 0.3) is 0 Å². The van der Waals surface area contributed by atoms with Gasteiger partial charge in [-0.05, 0) is 60.5 Å². The van der Waals surface area contributed by atoms with Crippen LogP contribution in [0.4, 0.5) is 0 Å². The van der Waals surface area contributed by atoms with Crippen molar-refractivity contribution in [1.82, 2.24) is 4.57 Å². The number of benzene rings is 3. The van der Waals surface area contributed by atoms with Crippen LogP contribution in [0.1, 0.15) is 23.0 Å². The molecule has 0 aliphatic heterocycles. The molecule has 0 bridgehead atoms. The van der Waals surface area contributed by atoms with Gasteiger partial charge in [0, 0.05) is 28.7 Å². The van der Waals surface area contributed by atoms with Gasteiger partial charge in [0.15, 0.2) is 5.78 Å². The number of hydrogen-bond donors (Lipinski definition) is 0. The van der Waals surface area contributed by atoms with Crippen molar-refractivity contribution >= 4 is 16.6 Å². The molecule has 134 valence electrons. The molecule has 3 aromatic carbocycles. The summed E-state index contributed by atoms with van der Waals surface area (Å²) in [4.78, 5) is 12.4. The molecule has 0 saturated heterocycles. The van der Waals surface area contributed by atoms with E-state index >= 15 is 0 Å². The predicted octanol–water partition coefficient (Wildman–Crippen LogP) is 5.82. The van der Waals surface area contributed by atoms with Gasteiger partial charge in [0.2, 0.25) is 0 Å². The van der Waals surface area contributed by atoms with E-state index in [1.165, 1.54) is 10.8 Å². The van der Waals surface area contributed by atoms with Crippen molar-refractivity contribution in [2.24, 2.45) is 0 Å². The Morgan fingerprint density at radius 1 is 0.926 bits per heavy atom. The molecule has 0 atom stereocenters. The molecule has 0 amide bonds. The van der Waals surface area contributed by atoms with Gasteiger partial charge in [-0.1, -0.05) is 36.4 Å². The van der Waals surface area contributed by atoms with E-state index < -0.39 is 0 Å². The molecule has 0 unspecified atom stereocenters.